The molecule has 0 aliphatic rings. The standard InChI is InChI=1S/C18H15F2N3O5/c1-25-13-6-9(7-14(26-2)15(13)27-3)16(24)21-18-23-22-17(28-18)11-5-4-10(19)8-12(11)20/h4-8H,1-3H3,(H,21,23,24). The third kappa shape index (κ3) is 3.70. The summed E-state index contributed by atoms with van der Waals surface area (Å²) in [6.45, 7) is 0. The van der Waals surface area contributed by atoms with Crippen LogP contribution >= 0.6 is 0 Å². The smallest absolute Gasteiger partial charge is 0.322 e. The van der Waals surface area contributed by atoms with Gasteiger partial charge in [0.1, 0.15) is 11.6 Å². The van der Waals surface area contributed by atoms with Crippen molar-refractivity contribution in [1.29, 1.82) is 0 Å². The Labute approximate surface area is 158 Å². The zero-order valence-electron chi connectivity index (χ0n) is 15.1. The molecule has 0 bridgehead atoms. The highest BCUT2D eigenvalue weighted by Crippen LogP contribution is 2.38. The van der Waals surface area contributed by atoms with Crippen LogP contribution in [0.5, 0.6) is 17.2 Å². The lowest BCUT2D eigenvalue weighted by molar-refractivity contribution is 0.102. The first-order valence-corrected chi connectivity index (χ1v) is 7.87. The van der Waals surface area contributed by atoms with Crippen LogP contribution in [0.2, 0.25) is 0 Å². The molecular weight excluding hydrogens is 376 g/mol. The van der Waals surface area contributed by atoms with Crippen LogP contribution < -0.4 is 19.5 Å². The molecule has 28 heavy (non-hydrogen) atoms. The average Bonchev–Trinajstić information content (AvgIpc) is 3.14. The molecule has 0 atom stereocenters. The van der Waals surface area contributed by atoms with Gasteiger partial charge in [0.2, 0.25) is 5.75 Å². The Bertz CT molecular complexity index is 997. The van der Waals surface area contributed by atoms with Crippen LogP contribution in [0.3, 0.4) is 0 Å². The Kier molecular flexibility index (Phi) is 5.39. The van der Waals surface area contributed by atoms with Crippen LogP contribution in [0, 0.1) is 11.6 Å². The van der Waals surface area contributed by atoms with Gasteiger partial charge in [0, 0.05) is 11.6 Å². The highest BCUT2D eigenvalue weighted by Gasteiger charge is 2.19. The van der Waals surface area contributed by atoms with Crippen molar-refractivity contribution in [1.82, 2.24) is 10.2 Å². The monoisotopic (exact) mass is 391 g/mol. The minimum absolute atomic E-state index is 0.0952. The van der Waals surface area contributed by atoms with Gasteiger partial charge in [0.05, 0.1) is 26.9 Å². The largest absolute Gasteiger partial charge is 0.493 e. The van der Waals surface area contributed by atoms with Crippen molar-refractivity contribution in [2.24, 2.45) is 0 Å². The highest BCUT2D eigenvalue weighted by molar-refractivity contribution is 6.04. The zero-order chi connectivity index (χ0) is 20.3. The first kappa shape index (κ1) is 19.1. The summed E-state index contributed by atoms with van der Waals surface area (Å²) in [5.41, 5.74) is 0.0735. The Morgan fingerprint density at radius 2 is 1.68 bits per heavy atom. The van der Waals surface area contributed by atoms with E-state index in [9.17, 15) is 13.6 Å². The molecule has 0 saturated heterocycles. The molecule has 1 aromatic heterocycles. The fraction of sp³-hybridized carbons (Fsp3) is 0.167. The number of methoxy groups -OCH3 is 3. The Balaban J connectivity index is 1.85. The van der Waals surface area contributed by atoms with E-state index in [-0.39, 0.29) is 34.5 Å². The van der Waals surface area contributed by atoms with Gasteiger partial charge in [-0.05, 0) is 24.3 Å². The predicted molar refractivity (Wildman–Crippen MR) is 93.7 cm³/mol. The number of amides is 1. The molecule has 0 aliphatic heterocycles. The van der Waals surface area contributed by atoms with Crippen molar-refractivity contribution in [3.63, 3.8) is 0 Å². The lowest BCUT2D eigenvalue weighted by Gasteiger charge is -2.13. The molecule has 0 spiro atoms. The summed E-state index contributed by atoms with van der Waals surface area (Å²) in [6, 6.07) is 5.51. The molecule has 0 fully saturated rings. The molecule has 1 heterocycles. The maximum absolute atomic E-state index is 13.8. The second kappa shape index (κ2) is 7.91. The number of nitrogens with zero attached hydrogens (tertiary/aromatic N) is 2. The molecule has 8 nitrogen and oxygen atoms in total. The van der Waals surface area contributed by atoms with Crippen LogP contribution in [0.4, 0.5) is 14.8 Å². The van der Waals surface area contributed by atoms with Crippen LogP contribution in [0.1, 0.15) is 10.4 Å². The average molecular weight is 391 g/mol. The maximum Gasteiger partial charge on any atom is 0.322 e. The van der Waals surface area contributed by atoms with Crippen LogP contribution in [-0.4, -0.2) is 37.4 Å². The van der Waals surface area contributed by atoms with Gasteiger partial charge in [0.25, 0.3) is 11.8 Å². The summed E-state index contributed by atoms with van der Waals surface area (Å²) in [4.78, 5) is 12.5. The summed E-state index contributed by atoms with van der Waals surface area (Å²) in [7, 11) is 4.27. The Hall–Kier alpha value is -3.69. The molecule has 10 heteroatoms. The van der Waals surface area contributed by atoms with Crippen molar-refractivity contribution in [2.45, 2.75) is 0 Å². The molecule has 3 aromatic rings. The van der Waals surface area contributed by atoms with Gasteiger partial charge in [-0.3, -0.25) is 10.1 Å². The van der Waals surface area contributed by atoms with E-state index in [0.29, 0.717) is 11.8 Å². The van der Waals surface area contributed by atoms with Crippen LogP contribution in [0.15, 0.2) is 34.7 Å². The van der Waals surface area contributed by atoms with Crippen LogP contribution in [-0.2, 0) is 0 Å². The van der Waals surface area contributed by atoms with Gasteiger partial charge < -0.3 is 18.6 Å². The van der Waals surface area contributed by atoms with E-state index in [2.05, 4.69) is 15.5 Å². The lowest BCUT2D eigenvalue weighted by Crippen LogP contribution is -2.13. The number of rotatable bonds is 6. The topological polar surface area (TPSA) is 95.7 Å². The number of hydrogen-bond acceptors (Lipinski definition) is 7. The molecule has 0 aliphatic carbocycles. The molecule has 3 rings (SSSR count). The third-order valence-corrected chi connectivity index (χ3v) is 3.73. The Morgan fingerprint density at radius 1 is 1.00 bits per heavy atom. The van der Waals surface area contributed by atoms with Gasteiger partial charge in [0.15, 0.2) is 11.5 Å². The molecule has 2 aromatic carbocycles. The number of halogens is 2. The summed E-state index contributed by atoms with van der Waals surface area (Å²) in [5, 5.41) is 9.69. The second-order valence-electron chi connectivity index (χ2n) is 5.40. The minimum atomic E-state index is -0.869. The molecule has 146 valence electrons. The number of carbonyl (C=O) groups excluding carboxylic acids is 1. The zero-order valence-corrected chi connectivity index (χ0v) is 15.1. The molecular formula is C18H15F2N3O5. The van der Waals surface area contributed by atoms with E-state index in [4.69, 9.17) is 18.6 Å². The van der Waals surface area contributed by atoms with E-state index in [0.717, 1.165) is 12.1 Å². The number of carbonyl (C=O) groups is 1. The van der Waals surface area contributed by atoms with E-state index in [1.165, 1.54) is 33.5 Å². The fourth-order valence-corrected chi connectivity index (χ4v) is 2.43. The molecule has 1 amide bonds. The first-order chi connectivity index (χ1) is 13.5. The molecule has 0 unspecified atom stereocenters. The van der Waals surface area contributed by atoms with Gasteiger partial charge in [-0.15, -0.1) is 5.10 Å². The number of anilines is 1. The van der Waals surface area contributed by atoms with Gasteiger partial charge in [-0.25, -0.2) is 8.78 Å². The minimum Gasteiger partial charge on any atom is -0.493 e. The number of aromatic nitrogens is 2. The number of nitrogens with one attached hydrogen (secondary N) is 1. The maximum atomic E-state index is 13.8. The molecule has 0 radical (unpaired) electrons. The van der Waals surface area contributed by atoms with Crippen LogP contribution in [0.25, 0.3) is 11.5 Å². The van der Waals surface area contributed by atoms with Gasteiger partial charge >= 0.3 is 6.01 Å². The molecule has 1 N–H and O–H groups in total. The van der Waals surface area contributed by atoms with E-state index >= 15 is 0 Å². The molecule has 0 saturated carbocycles. The lowest BCUT2D eigenvalue weighted by atomic mass is 10.1. The van der Waals surface area contributed by atoms with Crippen molar-refractivity contribution in [2.75, 3.05) is 26.6 Å². The van der Waals surface area contributed by atoms with Crippen molar-refractivity contribution < 1.29 is 32.2 Å². The van der Waals surface area contributed by atoms with Gasteiger partial charge in [-0.2, -0.15) is 0 Å². The summed E-state index contributed by atoms with van der Waals surface area (Å²) >= 11 is 0. The predicted octanol–water partition coefficient (Wildman–Crippen LogP) is 3.29. The number of ether oxygens (including phenoxy) is 3. The normalized spacial score (nSPS) is 10.5. The van der Waals surface area contributed by atoms with E-state index in [1.807, 2.05) is 0 Å². The first-order valence-electron chi connectivity index (χ1n) is 7.87. The second-order valence-corrected chi connectivity index (χ2v) is 5.40. The summed E-state index contributed by atoms with van der Waals surface area (Å²) in [6.07, 6.45) is 0. The fourth-order valence-electron chi connectivity index (χ4n) is 2.43. The van der Waals surface area contributed by atoms with Gasteiger partial charge in [-0.1, -0.05) is 5.10 Å². The third-order valence-electron chi connectivity index (χ3n) is 3.73. The summed E-state index contributed by atoms with van der Waals surface area (Å²) < 4.78 is 47.7. The van der Waals surface area contributed by atoms with E-state index < -0.39 is 17.5 Å². The quantitative estimate of drug-likeness (QED) is 0.689. The highest BCUT2D eigenvalue weighted by atomic mass is 19.1. The Morgan fingerprint density at radius 3 is 2.25 bits per heavy atom. The SMILES string of the molecule is COc1cc(C(=O)Nc2nnc(-c3ccc(F)cc3F)o2)cc(OC)c1OC. The van der Waals surface area contributed by atoms with Crippen molar-refractivity contribution in [3.05, 3.63) is 47.5 Å². The van der Waals surface area contributed by atoms with Crippen molar-refractivity contribution >= 4 is 11.9 Å². The number of benzene rings is 2. The van der Waals surface area contributed by atoms with E-state index in [1.54, 1.807) is 0 Å². The van der Waals surface area contributed by atoms with Crippen molar-refractivity contribution in [3.8, 4) is 28.7 Å². The summed E-state index contributed by atoms with van der Waals surface area (Å²) in [5.74, 6) is -1.53. The number of hydrogen-bond donors (Lipinski definition) is 1.